The van der Waals surface area contributed by atoms with Gasteiger partial charge in [-0.05, 0) is 56.6 Å². The van der Waals surface area contributed by atoms with Crippen LogP contribution < -0.4 is 21.3 Å². The Hall–Kier alpha value is -3.01. The van der Waals surface area contributed by atoms with Gasteiger partial charge >= 0.3 is 5.69 Å². The number of fused-ring (bicyclic) bond motifs is 1. The minimum absolute atomic E-state index is 0.122. The van der Waals surface area contributed by atoms with Gasteiger partial charge in [0.15, 0.2) is 0 Å². The Labute approximate surface area is 204 Å². The number of ether oxygens (including phenoxy) is 1. The average Bonchev–Trinajstić information content (AvgIpc) is 3.24. The van der Waals surface area contributed by atoms with Crippen molar-refractivity contribution >= 4 is 33.2 Å². The maximum Gasteiger partial charge on any atom is 0.331 e. The first-order chi connectivity index (χ1) is 16.4. The van der Waals surface area contributed by atoms with Crippen molar-refractivity contribution in [3.05, 3.63) is 73.1 Å². The fourth-order valence-electron chi connectivity index (χ4n) is 4.23. The van der Waals surface area contributed by atoms with Crippen molar-refractivity contribution in [1.82, 2.24) is 24.4 Å². The molecule has 34 heavy (non-hydrogen) atoms. The van der Waals surface area contributed by atoms with Gasteiger partial charge in [0.1, 0.15) is 18.2 Å². The number of hydrogen-bond acceptors (Lipinski definition) is 7. The predicted molar refractivity (Wildman–Crippen MR) is 134 cm³/mol. The van der Waals surface area contributed by atoms with Crippen LogP contribution in [0.15, 0.2) is 46.4 Å². The zero-order valence-corrected chi connectivity index (χ0v) is 20.4. The highest BCUT2D eigenvalue weighted by Gasteiger charge is 2.22. The van der Waals surface area contributed by atoms with Crippen molar-refractivity contribution in [2.24, 2.45) is 7.05 Å². The van der Waals surface area contributed by atoms with Gasteiger partial charge in [0.2, 0.25) is 0 Å². The number of hydrogen-bond donors (Lipinski definition) is 1. The van der Waals surface area contributed by atoms with Gasteiger partial charge in [0.05, 0.1) is 22.5 Å². The third-order valence-electron chi connectivity index (χ3n) is 5.98. The van der Waals surface area contributed by atoms with Gasteiger partial charge in [0.25, 0.3) is 5.56 Å². The first kappa shape index (κ1) is 22.8. The number of nitrogens with zero attached hydrogens (tertiary/aromatic N) is 4. The third kappa shape index (κ3) is 4.38. The molecular weight excluding hydrogens is 474 g/mol. The molecule has 0 atom stereocenters. The summed E-state index contributed by atoms with van der Waals surface area (Å²) >= 11 is 7.91. The molecule has 5 rings (SSSR count). The van der Waals surface area contributed by atoms with Gasteiger partial charge in [-0.3, -0.25) is 9.36 Å². The Morgan fingerprint density at radius 2 is 2.00 bits per heavy atom. The third-order valence-corrected chi connectivity index (χ3v) is 7.31. The maximum atomic E-state index is 12.5. The molecule has 8 nitrogen and oxygen atoms in total. The molecule has 176 valence electrons. The normalized spacial score (nSPS) is 14.6. The van der Waals surface area contributed by atoms with Crippen LogP contribution in [0.25, 0.3) is 21.5 Å². The molecule has 1 aromatic carbocycles. The summed E-state index contributed by atoms with van der Waals surface area (Å²) in [6, 6.07) is 7.06. The maximum absolute atomic E-state index is 12.5. The Balaban J connectivity index is 1.59. The first-order valence-corrected chi connectivity index (χ1v) is 12.3. The first-order valence-electron chi connectivity index (χ1n) is 11.1. The van der Waals surface area contributed by atoms with Gasteiger partial charge in [-0.25, -0.2) is 14.8 Å². The van der Waals surface area contributed by atoms with Crippen molar-refractivity contribution in [3.8, 4) is 17.0 Å². The SMILES string of the molecule is Cc1cc(Cl)cc(-c2ncnc3cc(Cn4c(=O)ccn(C)c4=O)sc23)c1OC1CCNCC1. The second-order valence-corrected chi connectivity index (χ2v) is 10.0. The monoisotopic (exact) mass is 497 g/mol. The van der Waals surface area contributed by atoms with Crippen LogP contribution in [-0.4, -0.2) is 38.3 Å². The summed E-state index contributed by atoms with van der Waals surface area (Å²) in [7, 11) is 1.62. The molecule has 1 aliphatic heterocycles. The molecule has 0 saturated carbocycles. The van der Waals surface area contributed by atoms with E-state index in [9.17, 15) is 9.59 Å². The molecule has 1 saturated heterocycles. The molecule has 10 heteroatoms. The van der Waals surface area contributed by atoms with Crippen molar-refractivity contribution in [2.45, 2.75) is 32.4 Å². The number of aryl methyl sites for hydroxylation is 2. The lowest BCUT2D eigenvalue weighted by Gasteiger charge is -2.26. The van der Waals surface area contributed by atoms with Crippen molar-refractivity contribution in [1.29, 1.82) is 0 Å². The van der Waals surface area contributed by atoms with Crippen molar-refractivity contribution in [2.75, 3.05) is 13.1 Å². The Morgan fingerprint density at radius 3 is 2.79 bits per heavy atom. The second-order valence-electron chi connectivity index (χ2n) is 8.45. The van der Waals surface area contributed by atoms with E-state index in [1.54, 1.807) is 7.05 Å². The molecule has 0 aliphatic carbocycles. The van der Waals surface area contributed by atoms with Crippen LogP contribution in [0.3, 0.4) is 0 Å². The zero-order valence-electron chi connectivity index (χ0n) is 18.9. The van der Waals surface area contributed by atoms with E-state index in [1.165, 1.54) is 39.1 Å². The molecule has 4 aromatic rings. The smallest absolute Gasteiger partial charge is 0.331 e. The zero-order chi connectivity index (χ0) is 23.8. The number of benzene rings is 1. The number of rotatable bonds is 5. The van der Waals surface area contributed by atoms with Crippen LogP contribution in [0.1, 0.15) is 23.3 Å². The molecule has 1 aliphatic rings. The number of thiophene rings is 1. The lowest BCUT2D eigenvalue weighted by molar-refractivity contribution is 0.162. The quantitative estimate of drug-likeness (QED) is 0.454. The van der Waals surface area contributed by atoms with Gasteiger partial charge in [-0.1, -0.05) is 11.6 Å². The summed E-state index contributed by atoms with van der Waals surface area (Å²) in [5.74, 6) is 0.777. The van der Waals surface area contributed by atoms with E-state index >= 15 is 0 Å². The Morgan fingerprint density at radius 1 is 1.21 bits per heavy atom. The second kappa shape index (κ2) is 9.32. The Kier molecular flexibility index (Phi) is 6.24. The van der Waals surface area contributed by atoms with E-state index in [0.717, 1.165) is 63.6 Å². The molecule has 3 aromatic heterocycles. The largest absolute Gasteiger partial charge is 0.489 e. The minimum atomic E-state index is -0.362. The molecular formula is C24H24ClN5O3S. The number of nitrogens with one attached hydrogen (secondary N) is 1. The van der Waals surface area contributed by atoms with Crippen LogP contribution in [0.4, 0.5) is 0 Å². The molecule has 0 bridgehead atoms. The topological polar surface area (TPSA) is 91.0 Å². The molecule has 0 amide bonds. The van der Waals surface area contributed by atoms with Crippen LogP contribution in [0.5, 0.6) is 5.75 Å². The number of piperidine rings is 1. The summed E-state index contributed by atoms with van der Waals surface area (Å²) in [5, 5.41) is 3.97. The number of aromatic nitrogens is 4. The fraction of sp³-hybridized carbons (Fsp3) is 0.333. The highest BCUT2D eigenvalue weighted by molar-refractivity contribution is 7.19. The van der Waals surface area contributed by atoms with E-state index in [-0.39, 0.29) is 23.9 Å². The lowest BCUT2D eigenvalue weighted by Crippen LogP contribution is -2.37. The predicted octanol–water partition coefficient (Wildman–Crippen LogP) is 3.36. The van der Waals surface area contributed by atoms with E-state index in [1.807, 2.05) is 25.1 Å². The van der Waals surface area contributed by atoms with E-state index in [4.69, 9.17) is 16.3 Å². The Bertz CT molecular complexity index is 1490. The summed E-state index contributed by atoms with van der Waals surface area (Å²) in [6.07, 6.45) is 4.99. The fourth-order valence-corrected chi connectivity index (χ4v) is 5.61. The van der Waals surface area contributed by atoms with Crippen molar-refractivity contribution in [3.63, 3.8) is 0 Å². The molecule has 0 radical (unpaired) electrons. The van der Waals surface area contributed by atoms with E-state index in [0.29, 0.717) is 5.02 Å². The molecule has 1 fully saturated rings. The molecule has 1 N–H and O–H groups in total. The van der Waals surface area contributed by atoms with Gasteiger partial charge in [-0.2, -0.15) is 0 Å². The molecule has 0 spiro atoms. The minimum Gasteiger partial charge on any atom is -0.489 e. The van der Waals surface area contributed by atoms with Gasteiger partial charge in [-0.15, -0.1) is 11.3 Å². The van der Waals surface area contributed by atoms with Crippen LogP contribution in [-0.2, 0) is 13.6 Å². The molecule has 4 heterocycles. The highest BCUT2D eigenvalue weighted by atomic mass is 35.5. The number of halogens is 1. The van der Waals surface area contributed by atoms with Crippen LogP contribution in [0, 0.1) is 6.92 Å². The van der Waals surface area contributed by atoms with Crippen LogP contribution in [0.2, 0.25) is 5.02 Å². The average molecular weight is 498 g/mol. The summed E-state index contributed by atoms with van der Waals surface area (Å²) in [6.45, 7) is 4.01. The lowest BCUT2D eigenvalue weighted by atomic mass is 10.0. The van der Waals surface area contributed by atoms with E-state index in [2.05, 4.69) is 15.3 Å². The standard InChI is InChI=1S/C24H24ClN5O3S/c1-14-9-15(25)10-18(22(14)33-16-3-6-26-7-4-16)21-23-19(27-13-28-21)11-17(34-23)12-30-20(31)5-8-29(2)24(30)32/h5,8-11,13,16,26H,3-4,6-7,12H2,1-2H3. The summed E-state index contributed by atoms with van der Waals surface area (Å²) in [5.41, 5.74) is 2.54. The van der Waals surface area contributed by atoms with Crippen molar-refractivity contribution < 1.29 is 4.74 Å². The highest BCUT2D eigenvalue weighted by Crippen LogP contribution is 2.41. The van der Waals surface area contributed by atoms with Crippen LogP contribution >= 0.6 is 22.9 Å². The summed E-state index contributed by atoms with van der Waals surface area (Å²) < 4.78 is 9.94. The van der Waals surface area contributed by atoms with Gasteiger partial charge in [0, 0.05) is 34.8 Å². The molecule has 0 unspecified atom stereocenters. The van der Waals surface area contributed by atoms with Gasteiger partial charge < -0.3 is 14.6 Å². The summed E-state index contributed by atoms with van der Waals surface area (Å²) in [4.78, 5) is 34.6. The van der Waals surface area contributed by atoms with E-state index < -0.39 is 0 Å².